The number of nitrogens with one attached hydrogen (secondary N) is 1. The van der Waals surface area contributed by atoms with Crippen LogP contribution in [0.15, 0.2) is 59.7 Å². The Hall–Kier alpha value is -5.31. The predicted molar refractivity (Wildman–Crippen MR) is 145 cm³/mol. The summed E-state index contributed by atoms with van der Waals surface area (Å²) in [5, 5.41) is 35.2. The maximum atomic E-state index is 14.3. The van der Waals surface area contributed by atoms with Gasteiger partial charge < -0.3 is 26.5 Å². The number of amides is 5. The normalized spacial score (nSPS) is 18.2. The number of aliphatic hydroxyl groups is 1. The molecule has 15 nitrogen and oxygen atoms in total. The Morgan fingerprint density at radius 2 is 1.69 bits per heavy atom. The third-order valence-corrected chi connectivity index (χ3v) is 6.69. The maximum Gasteiger partial charge on any atom is 0.347 e. The van der Waals surface area contributed by atoms with Gasteiger partial charge in [-0.3, -0.25) is 24.1 Å². The lowest BCUT2D eigenvalue weighted by Gasteiger charge is -2.35. The zero-order valence-corrected chi connectivity index (χ0v) is 22.7. The monoisotopic (exact) mass is 582 g/mol. The number of hydrazine groups is 1. The topological polar surface area (TPSA) is 223 Å². The van der Waals surface area contributed by atoms with Gasteiger partial charge in [0.25, 0.3) is 11.8 Å². The molecule has 0 spiro atoms. The molecule has 0 radical (unpaired) electrons. The molecule has 0 unspecified atom stereocenters. The number of hydrogen-bond donors (Lipinski definition) is 5. The Balaban J connectivity index is 2.22. The average Bonchev–Trinajstić information content (AvgIpc) is 3.12. The van der Waals surface area contributed by atoms with Gasteiger partial charge in [-0.15, -0.1) is 0 Å². The van der Waals surface area contributed by atoms with Gasteiger partial charge in [-0.05, 0) is 23.6 Å². The van der Waals surface area contributed by atoms with E-state index in [-0.39, 0.29) is 22.1 Å². The summed E-state index contributed by atoms with van der Waals surface area (Å²) in [6, 6.07) is 9.57. The highest BCUT2D eigenvalue weighted by Gasteiger charge is 2.60. The van der Waals surface area contributed by atoms with Crippen LogP contribution in [0.25, 0.3) is 0 Å². The van der Waals surface area contributed by atoms with Crippen LogP contribution in [0.1, 0.15) is 37.0 Å². The first kappa shape index (κ1) is 31.2. The Bertz CT molecular complexity index is 1380. The highest BCUT2D eigenvalue weighted by atomic mass is 16.4. The molecule has 1 aliphatic heterocycles. The number of rotatable bonds is 12. The third-order valence-electron chi connectivity index (χ3n) is 6.69. The van der Waals surface area contributed by atoms with Crippen LogP contribution in [-0.2, 0) is 36.1 Å². The molecule has 6 N–H and O–H groups in total. The number of nitrogens with two attached hydrogens (primary N) is 1. The van der Waals surface area contributed by atoms with Crippen molar-refractivity contribution in [1.82, 2.24) is 20.2 Å². The van der Waals surface area contributed by atoms with Crippen LogP contribution in [0.2, 0.25) is 0 Å². The summed E-state index contributed by atoms with van der Waals surface area (Å²) >= 11 is 0. The second kappa shape index (κ2) is 12.9. The van der Waals surface area contributed by atoms with Crippen LogP contribution in [0, 0.1) is 0 Å². The van der Waals surface area contributed by atoms with Crippen LogP contribution in [-0.4, -0.2) is 90.8 Å². The Kier molecular flexibility index (Phi) is 9.59. The van der Waals surface area contributed by atoms with Crippen molar-refractivity contribution in [1.29, 1.82) is 0 Å². The van der Waals surface area contributed by atoms with E-state index in [2.05, 4.69) is 10.4 Å². The van der Waals surface area contributed by atoms with E-state index in [0.717, 1.165) is 11.8 Å². The second-order valence-electron chi connectivity index (χ2n) is 9.51. The number of aliphatic carboxylic acids is 2. The second-order valence-corrected chi connectivity index (χ2v) is 9.51. The lowest BCUT2D eigenvalue weighted by molar-refractivity contribution is -0.173. The SMILES string of the molecule is CC(=O)N[C@@H](CC(=O)O)C(=O)N([C@@H](CO)C(=O)O)N1C(=O)N(Cc2ccccc2)[C@](C)(c2ccc(C=NN)cc2)C1=O. The standard InChI is InChI=1S/C27H30N6O9/c1-16(35)30-20(12-22(36)37)23(38)32(21(15-34)24(39)40)33-25(41)27(2,19-10-8-17(9-11-19)13-29-28)31(26(33)42)14-18-6-4-3-5-7-18/h3-11,13,20-21,34H,12,14-15,28H2,1-2H3,(H,30,35)(H,36,37)(H,39,40)/t20-,21-,27+/m0/s1. The van der Waals surface area contributed by atoms with Gasteiger partial charge in [-0.25, -0.2) is 14.6 Å². The number of imide groups is 1. The quantitative estimate of drug-likeness (QED) is 0.0961. The van der Waals surface area contributed by atoms with Gasteiger partial charge in [0.05, 0.1) is 19.2 Å². The molecule has 0 aliphatic carbocycles. The molecular weight excluding hydrogens is 552 g/mol. The Morgan fingerprint density at radius 1 is 1.07 bits per heavy atom. The molecule has 1 fully saturated rings. The van der Waals surface area contributed by atoms with Gasteiger partial charge >= 0.3 is 18.0 Å². The fraction of sp³-hybridized carbons (Fsp3) is 0.296. The summed E-state index contributed by atoms with van der Waals surface area (Å²) in [7, 11) is 0. The van der Waals surface area contributed by atoms with E-state index in [9.17, 15) is 44.1 Å². The molecule has 42 heavy (non-hydrogen) atoms. The first-order valence-corrected chi connectivity index (χ1v) is 12.6. The maximum absolute atomic E-state index is 14.3. The average molecular weight is 583 g/mol. The van der Waals surface area contributed by atoms with Crippen LogP contribution >= 0.6 is 0 Å². The molecule has 1 aliphatic rings. The molecule has 2 aromatic carbocycles. The zero-order valence-electron chi connectivity index (χ0n) is 22.7. The van der Waals surface area contributed by atoms with E-state index in [1.165, 1.54) is 25.3 Å². The van der Waals surface area contributed by atoms with Gasteiger partial charge in [0.1, 0.15) is 11.6 Å². The molecule has 1 heterocycles. The molecule has 5 amide bonds. The number of aliphatic hydroxyl groups excluding tert-OH is 1. The molecule has 2 aromatic rings. The molecule has 222 valence electrons. The summed E-state index contributed by atoms with van der Waals surface area (Å²) in [6.07, 6.45) is 0.351. The molecular formula is C27H30N6O9. The summed E-state index contributed by atoms with van der Waals surface area (Å²) in [5.74, 6) is -1.42. The van der Waals surface area contributed by atoms with E-state index in [0.29, 0.717) is 11.1 Å². The lowest BCUT2D eigenvalue weighted by Crippen LogP contribution is -2.63. The number of nitrogens with zero attached hydrogens (tertiary/aromatic N) is 4. The number of carbonyl (C=O) groups is 6. The molecule has 0 saturated carbocycles. The van der Waals surface area contributed by atoms with Crippen molar-refractivity contribution < 1.29 is 44.1 Å². The van der Waals surface area contributed by atoms with Crippen molar-refractivity contribution in [3.8, 4) is 0 Å². The highest BCUT2D eigenvalue weighted by molar-refractivity contribution is 6.09. The van der Waals surface area contributed by atoms with E-state index in [4.69, 9.17) is 5.84 Å². The van der Waals surface area contributed by atoms with Crippen molar-refractivity contribution in [2.24, 2.45) is 10.9 Å². The van der Waals surface area contributed by atoms with Crippen LogP contribution < -0.4 is 11.2 Å². The van der Waals surface area contributed by atoms with Crippen molar-refractivity contribution in [2.45, 2.75) is 44.4 Å². The van der Waals surface area contributed by atoms with Gasteiger partial charge in [-0.2, -0.15) is 10.1 Å². The van der Waals surface area contributed by atoms with Crippen LogP contribution in [0.5, 0.6) is 0 Å². The fourth-order valence-corrected chi connectivity index (χ4v) is 4.59. The minimum Gasteiger partial charge on any atom is -0.481 e. The zero-order chi connectivity index (χ0) is 31.2. The highest BCUT2D eigenvalue weighted by Crippen LogP contribution is 2.40. The third kappa shape index (κ3) is 6.20. The lowest BCUT2D eigenvalue weighted by atomic mass is 9.89. The van der Waals surface area contributed by atoms with Gasteiger partial charge in [0.2, 0.25) is 5.91 Å². The predicted octanol–water partition coefficient (Wildman–Crippen LogP) is -0.173. The molecule has 1 saturated heterocycles. The first-order valence-electron chi connectivity index (χ1n) is 12.6. The summed E-state index contributed by atoms with van der Waals surface area (Å²) in [4.78, 5) is 78.6. The summed E-state index contributed by atoms with van der Waals surface area (Å²) in [5.41, 5.74) is -0.377. The van der Waals surface area contributed by atoms with Crippen molar-refractivity contribution >= 4 is 41.9 Å². The van der Waals surface area contributed by atoms with E-state index in [1.54, 1.807) is 42.5 Å². The van der Waals surface area contributed by atoms with Gasteiger partial charge in [0, 0.05) is 13.5 Å². The molecule has 3 atom stereocenters. The van der Waals surface area contributed by atoms with Crippen molar-refractivity contribution in [2.75, 3.05) is 6.61 Å². The van der Waals surface area contributed by atoms with Gasteiger partial charge in [0.15, 0.2) is 6.04 Å². The minimum absolute atomic E-state index is 0.159. The molecule has 3 rings (SSSR count). The number of carboxylic acids is 2. The van der Waals surface area contributed by atoms with Crippen molar-refractivity contribution in [3.05, 3.63) is 71.3 Å². The fourth-order valence-electron chi connectivity index (χ4n) is 4.59. The minimum atomic E-state index is -2.19. The molecule has 0 aromatic heterocycles. The van der Waals surface area contributed by atoms with Crippen LogP contribution in [0.3, 0.4) is 0 Å². The van der Waals surface area contributed by atoms with Crippen LogP contribution in [0.4, 0.5) is 4.79 Å². The number of carboxylic acid groups (broad SMARTS) is 2. The number of hydrazone groups is 1. The van der Waals surface area contributed by atoms with E-state index in [1.807, 2.05) is 0 Å². The largest absolute Gasteiger partial charge is 0.481 e. The number of carbonyl (C=O) groups excluding carboxylic acids is 4. The van der Waals surface area contributed by atoms with E-state index >= 15 is 0 Å². The number of benzene rings is 2. The smallest absolute Gasteiger partial charge is 0.347 e. The Labute approximate surface area is 239 Å². The first-order chi connectivity index (χ1) is 19.9. The Morgan fingerprint density at radius 3 is 2.19 bits per heavy atom. The number of hydrogen-bond acceptors (Lipinski definition) is 9. The summed E-state index contributed by atoms with van der Waals surface area (Å²) < 4.78 is 0. The van der Waals surface area contributed by atoms with E-state index < -0.39 is 66.3 Å². The van der Waals surface area contributed by atoms with Gasteiger partial charge in [-0.1, -0.05) is 54.6 Å². The van der Waals surface area contributed by atoms with Crippen molar-refractivity contribution in [3.63, 3.8) is 0 Å². The molecule has 15 heteroatoms. The summed E-state index contributed by atoms with van der Waals surface area (Å²) in [6.45, 7) is 0.993. The molecule has 0 bridgehead atoms. The number of urea groups is 1.